The smallest absolute Gasteiger partial charge is 0.374 e. The second-order valence-corrected chi connectivity index (χ2v) is 6.75. The number of nitrogens with zero attached hydrogens (tertiary/aromatic N) is 3. The minimum atomic E-state index is -0.479. The number of carbonyl (C=O) groups excluding carboxylic acids is 1. The summed E-state index contributed by atoms with van der Waals surface area (Å²) in [5.74, 6) is -0.0484. The van der Waals surface area contributed by atoms with Gasteiger partial charge in [0.05, 0.1) is 11.7 Å². The molecule has 2 heterocycles. The van der Waals surface area contributed by atoms with Crippen LogP contribution >= 0.6 is 22.9 Å². The van der Waals surface area contributed by atoms with Gasteiger partial charge in [-0.3, -0.25) is 0 Å². The fourth-order valence-corrected chi connectivity index (χ4v) is 3.07. The van der Waals surface area contributed by atoms with Gasteiger partial charge >= 0.3 is 5.97 Å². The molecule has 0 aliphatic rings. The van der Waals surface area contributed by atoms with Crippen molar-refractivity contribution in [2.45, 2.75) is 26.8 Å². The summed E-state index contributed by atoms with van der Waals surface area (Å²) in [7, 11) is 0. The Morgan fingerprint density at radius 1 is 1.38 bits per heavy atom. The topological polar surface area (TPSA) is 57.0 Å². The van der Waals surface area contributed by atoms with Crippen LogP contribution in [-0.2, 0) is 0 Å². The van der Waals surface area contributed by atoms with Gasteiger partial charge in [0.15, 0.2) is 0 Å². The van der Waals surface area contributed by atoms with Crippen LogP contribution in [0.1, 0.15) is 39.6 Å². The number of rotatable bonds is 4. The van der Waals surface area contributed by atoms with Gasteiger partial charge in [0, 0.05) is 22.2 Å². The Morgan fingerprint density at radius 3 is 2.83 bits per heavy atom. The molecule has 0 fully saturated rings. The first-order chi connectivity index (χ1) is 11.5. The second kappa shape index (κ2) is 6.75. The van der Waals surface area contributed by atoms with Crippen LogP contribution < -0.4 is 4.74 Å². The molecule has 7 heteroatoms. The molecule has 0 radical (unpaired) electrons. The Balaban J connectivity index is 1.97. The third-order valence-electron chi connectivity index (χ3n) is 3.82. The number of aromatic nitrogens is 3. The maximum atomic E-state index is 12.3. The summed E-state index contributed by atoms with van der Waals surface area (Å²) in [4.78, 5) is 16.3. The van der Waals surface area contributed by atoms with Gasteiger partial charge in [0.2, 0.25) is 10.9 Å². The zero-order valence-electron chi connectivity index (χ0n) is 13.5. The van der Waals surface area contributed by atoms with E-state index in [1.807, 2.05) is 45.0 Å². The predicted molar refractivity (Wildman–Crippen MR) is 94.0 cm³/mol. The number of ether oxygens (including phenoxy) is 1. The van der Waals surface area contributed by atoms with Crippen molar-refractivity contribution in [1.29, 1.82) is 0 Å². The average molecular weight is 362 g/mol. The quantitative estimate of drug-likeness (QED) is 0.645. The van der Waals surface area contributed by atoms with E-state index in [1.165, 1.54) is 11.3 Å². The summed E-state index contributed by atoms with van der Waals surface area (Å²) in [6.07, 6.45) is 1.57. The Hall–Kier alpha value is -2.18. The van der Waals surface area contributed by atoms with E-state index in [4.69, 9.17) is 16.3 Å². The molecular formula is C17H16ClN3O2S. The second-order valence-electron chi connectivity index (χ2n) is 5.42. The monoisotopic (exact) mass is 361 g/mol. The van der Waals surface area contributed by atoms with Gasteiger partial charge in [-0.05, 0) is 38.5 Å². The first-order valence-corrected chi connectivity index (χ1v) is 8.66. The molecule has 0 amide bonds. The first-order valence-electron chi connectivity index (χ1n) is 7.40. The molecule has 0 spiro atoms. The maximum Gasteiger partial charge on any atom is 0.374 e. The highest BCUT2D eigenvalue weighted by Gasteiger charge is 2.23. The summed E-state index contributed by atoms with van der Waals surface area (Å²) in [5, 5.41) is 7.24. The lowest BCUT2D eigenvalue weighted by Crippen LogP contribution is -2.16. The van der Waals surface area contributed by atoms with Crippen LogP contribution in [0.4, 0.5) is 0 Å². The number of thiazole rings is 1. The van der Waals surface area contributed by atoms with Gasteiger partial charge in [-0.25, -0.2) is 14.5 Å². The molecule has 1 atom stereocenters. The van der Waals surface area contributed by atoms with Crippen LogP contribution in [0.5, 0.6) is 5.88 Å². The van der Waals surface area contributed by atoms with Crippen molar-refractivity contribution < 1.29 is 9.53 Å². The molecule has 3 rings (SSSR count). The van der Waals surface area contributed by atoms with Crippen LogP contribution in [0.2, 0.25) is 5.02 Å². The van der Waals surface area contributed by atoms with E-state index in [0.717, 1.165) is 16.8 Å². The Kier molecular flexibility index (Phi) is 4.69. The molecule has 0 aliphatic carbocycles. The number of carbonyl (C=O) groups is 1. The van der Waals surface area contributed by atoms with Crippen molar-refractivity contribution in [2.75, 3.05) is 0 Å². The molecule has 5 nitrogen and oxygen atoms in total. The van der Waals surface area contributed by atoms with Crippen molar-refractivity contribution in [3.63, 3.8) is 0 Å². The SMILES string of the molecule is Cc1nn(C(C)c2cccc(Cl)c2)c(OC(=O)c2nccs2)c1C. The Bertz CT molecular complexity index is 874. The van der Waals surface area contributed by atoms with Crippen molar-refractivity contribution in [2.24, 2.45) is 0 Å². The predicted octanol–water partition coefficient (Wildman–Crippen LogP) is 4.44. The van der Waals surface area contributed by atoms with E-state index in [1.54, 1.807) is 16.3 Å². The molecule has 1 unspecified atom stereocenters. The fraction of sp³-hybridized carbons (Fsp3) is 0.235. The molecule has 24 heavy (non-hydrogen) atoms. The molecule has 124 valence electrons. The number of hydrogen-bond donors (Lipinski definition) is 0. The lowest BCUT2D eigenvalue weighted by Gasteiger charge is -2.16. The molecule has 1 aromatic carbocycles. The van der Waals surface area contributed by atoms with Crippen LogP contribution in [0.25, 0.3) is 0 Å². The van der Waals surface area contributed by atoms with Gasteiger partial charge in [0.1, 0.15) is 0 Å². The lowest BCUT2D eigenvalue weighted by molar-refractivity contribution is 0.0715. The summed E-state index contributed by atoms with van der Waals surface area (Å²) in [5.41, 5.74) is 2.62. The highest BCUT2D eigenvalue weighted by Crippen LogP contribution is 2.30. The molecular weight excluding hydrogens is 346 g/mol. The van der Waals surface area contributed by atoms with Crippen molar-refractivity contribution in [3.8, 4) is 5.88 Å². The Morgan fingerprint density at radius 2 is 2.17 bits per heavy atom. The number of benzene rings is 1. The van der Waals surface area contributed by atoms with E-state index in [0.29, 0.717) is 15.9 Å². The summed E-state index contributed by atoms with van der Waals surface area (Å²) < 4.78 is 7.30. The van der Waals surface area contributed by atoms with Gasteiger partial charge in [-0.1, -0.05) is 23.7 Å². The van der Waals surface area contributed by atoms with E-state index < -0.39 is 5.97 Å². The zero-order valence-corrected chi connectivity index (χ0v) is 15.1. The van der Waals surface area contributed by atoms with Crippen molar-refractivity contribution in [1.82, 2.24) is 14.8 Å². The van der Waals surface area contributed by atoms with Crippen LogP contribution in [0, 0.1) is 13.8 Å². The third kappa shape index (κ3) is 3.20. The van der Waals surface area contributed by atoms with Crippen molar-refractivity contribution >= 4 is 28.9 Å². The van der Waals surface area contributed by atoms with Gasteiger partial charge in [-0.15, -0.1) is 11.3 Å². The number of halogens is 1. The number of hydrogen-bond acceptors (Lipinski definition) is 5. The van der Waals surface area contributed by atoms with Gasteiger partial charge in [0.25, 0.3) is 0 Å². The fourth-order valence-electron chi connectivity index (χ4n) is 2.36. The molecule has 0 bridgehead atoms. The normalized spacial score (nSPS) is 12.2. The highest BCUT2D eigenvalue weighted by molar-refractivity contribution is 7.11. The average Bonchev–Trinajstić information content (AvgIpc) is 3.18. The highest BCUT2D eigenvalue weighted by atomic mass is 35.5. The third-order valence-corrected chi connectivity index (χ3v) is 4.81. The minimum Gasteiger partial charge on any atom is -0.402 e. The molecule has 2 aromatic heterocycles. The molecule has 0 N–H and O–H groups in total. The summed E-state index contributed by atoms with van der Waals surface area (Å²) in [6, 6.07) is 7.43. The van der Waals surface area contributed by atoms with E-state index in [2.05, 4.69) is 10.1 Å². The molecule has 3 aromatic rings. The zero-order chi connectivity index (χ0) is 17.3. The number of esters is 1. The van der Waals surface area contributed by atoms with E-state index in [9.17, 15) is 4.79 Å². The molecule has 0 saturated heterocycles. The van der Waals surface area contributed by atoms with Crippen LogP contribution in [0.3, 0.4) is 0 Å². The summed E-state index contributed by atoms with van der Waals surface area (Å²) in [6.45, 7) is 5.75. The summed E-state index contributed by atoms with van der Waals surface area (Å²) >= 11 is 7.33. The van der Waals surface area contributed by atoms with Crippen molar-refractivity contribution in [3.05, 3.63) is 62.7 Å². The van der Waals surface area contributed by atoms with Crippen LogP contribution in [0.15, 0.2) is 35.8 Å². The molecule has 0 saturated carbocycles. The maximum absolute atomic E-state index is 12.3. The van der Waals surface area contributed by atoms with E-state index >= 15 is 0 Å². The van der Waals surface area contributed by atoms with Gasteiger partial charge < -0.3 is 4.74 Å². The molecule has 0 aliphatic heterocycles. The number of aryl methyl sites for hydroxylation is 1. The largest absolute Gasteiger partial charge is 0.402 e. The lowest BCUT2D eigenvalue weighted by atomic mass is 10.1. The minimum absolute atomic E-state index is 0.129. The van der Waals surface area contributed by atoms with Gasteiger partial charge in [-0.2, -0.15) is 5.10 Å². The van der Waals surface area contributed by atoms with E-state index in [-0.39, 0.29) is 6.04 Å². The Labute approximate surface area is 148 Å². The standard InChI is InChI=1S/C17H16ClN3O2S/c1-10-11(2)20-21(12(3)13-5-4-6-14(18)9-13)16(10)23-17(22)15-19-7-8-24-15/h4-9,12H,1-3H3. The van der Waals surface area contributed by atoms with Crippen LogP contribution in [-0.4, -0.2) is 20.7 Å². The first kappa shape index (κ1) is 16.7.